The molecule has 0 aliphatic rings. The minimum atomic E-state index is -0.641. The van der Waals surface area contributed by atoms with Crippen LogP contribution in [0.5, 0.6) is 0 Å². The molecular weight excluding hydrogens is 206 g/mol. The second-order valence-corrected chi connectivity index (χ2v) is 4.17. The SMILES string of the molecule is CCCC(C)(NC)C(=O)NC(CC)C(N)=O. The number of nitrogens with one attached hydrogen (secondary N) is 2. The Kier molecular flexibility index (Phi) is 6.03. The lowest BCUT2D eigenvalue weighted by atomic mass is 9.94. The van der Waals surface area contributed by atoms with Crippen LogP contribution in [0.4, 0.5) is 0 Å². The third kappa shape index (κ3) is 3.81. The molecule has 0 aromatic heterocycles. The Morgan fingerprint density at radius 2 is 1.94 bits per heavy atom. The molecule has 2 unspecified atom stereocenters. The number of hydrogen-bond acceptors (Lipinski definition) is 3. The van der Waals surface area contributed by atoms with Crippen molar-refractivity contribution in [2.75, 3.05) is 7.05 Å². The summed E-state index contributed by atoms with van der Waals surface area (Å²) in [4.78, 5) is 23.0. The van der Waals surface area contributed by atoms with Crippen molar-refractivity contribution in [1.29, 1.82) is 0 Å². The molecule has 0 heterocycles. The van der Waals surface area contributed by atoms with Gasteiger partial charge in [-0.05, 0) is 26.8 Å². The average Bonchev–Trinajstić information content (AvgIpc) is 2.25. The van der Waals surface area contributed by atoms with Crippen LogP contribution in [0, 0.1) is 0 Å². The van der Waals surface area contributed by atoms with Gasteiger partial charge in [-0.3, -0.25) is 9.59 Å². The van der Waals surface area contributed by atoms with Crippen LogP contribution in [0.2, 0.25) is 0 Å². The van der Waals surface area contributed by atoms with Gasteiger partial charge >= 0.3 is 0 Å². The van der Waals surface area contributed by atoms with Gasteiger partial charge in [0, 0.05) is 0 Å². The number of likely N-dealkylation sites (N-methyl/N-ethyl adjacent to an activating group) is 1. The molecule has 0 bridgehead atoms. The number of primary amides is 1. The Labute approximate surface area is 97.2 Å². The van der Waals surface area contributed by atoms with Crippen LogP contribution in [0.15, 0.2) is 0 Å². The molecule has 0 spiro atoms. The first-order valence-corrected chi connectivity index (χ1v) is 5.70. The standard InChI is InChI=1S/C11H23N3O2/c1-5-7-11(3,13-4)10(16)14-8(6-2)9(12)15/h8,13H,5-7H2,1-4H3,(H2,12,15)(H,14,16). The summed E-state index contributed by atoms with van der Waals surface area (Å²) in [5.74, 6) is -0.673. The first-order valence-electron chi connectivity index (χ1n) is 5.70. The quantitative estimate of drug-likeness (QED) is 0.581. The lowest BCUT2D eigenvalue weighted by molar-refractivity contribution is -0.131. The van der Waals surface area contributed by atoms with Crippen molar-refractivity contribution in [3.05, 3.63) is 0 Å². The smallest absolute Gasteiger partial charge is 0.240 e. The van der Waals surface area contributed by atoms with Gasteiger partial charge in [-0.1, -0.05) is 20.3 Å². The van der Waals surface area contributed by atoms with E-state index in [4.69, 9.17) is 5.73 Å². The molecule has 5 heteroatoms. The molecule has 5 nitrogen and oxygen atoms in total. The summed E-state index contributed by atoms with van der Waals surface area (Å²) in [6.07, 6.45) is 2.11. The minimum Gasteiger partial charge on any atom is -0.368 e. The fourth-order valence-corrected chi connectivity index (χ4v) is 1.54. The van der Waals surface area contributed by atoms with Crippen LogP contribution in [0.25, 0.3) is 0 Å². The van der Waals surface area contributed by atoms with Crippen LogP contribution in [-0.4, -0.2) is 30.4 Å². The maximum Gasteiger partial charge on any atom is 0.240 e. The molecule has 0 aromatic rings. The molecule has 2 amide bonds. The van der Waals surface area contributed by atoms with Crippen LogP contribution < -0.4 is 16.4 Å². The lowest BCUT2D eigenvalue weighted by Crippen LogP contribution is -2.57. The normalized spacial score (nSPS) is 16.2. The van der Waals surface area contributed by atoms with Gasteiger partial charge < -0.3 is 16.4 Å². The fourth-order valence-electron chi connectivity index (χ4n) is 1.54. The van der Waals surface area contributed by atoms with E-state index in [9.17, 15) is 9.59 Å². The predicted octanol–water partition coefficient (Wildman–Crippen LogP) is 0.145. The molecule has 0 saturated carbocycles. The van der Waals surface area contributed by atoms with Gasteiger partial charge in [0.1, 0.15) is 6.04 Å². The number of rotatable bonds is 7. The summed E-state index contributed by atoms with van der Waals surface area (Å²) in [5.41, 5.74) is 4.54. The van der Waals surface area contributed by atoms with Crippen molar-refractivity contribution >= 4 is 11.8 Å². The number of carbonyl (C=O) groups excluding carboxylic acids is 2. The molecule has 0 aliphatic heterocycles. The third-order valence-electron chi connectivity index (χ3n) is 2.86. The zero-order valence-corrected chi connectivity index (χ0v) is 10.6. The minimum absolute atomic E-state index is 0.178. The maximum absolute atomic E-state index is 12.0. The highest BCUT2D eigenvalue weighted by Gasteiger charge is 2.32. The third-order valence-corrected chi connectivity index (χ3v) is 2.86. The second-order valence-electron chi connectivity index (χ2n) is 4.17. The van der Waals surface area contributed by atoms with Crippen molar-refractivity contribution in [2.24, 2.45) is 5.73 Å². The number of carbonyl (C=O) groups is 2. The molecule has 94 valence electrons. The molecule has 4 N–H and O–H groups in total. The van der Waals surface area contributed by atoms with Gasteiger partial charge in [0.25, 0.3) is 0 Å². The molecular formula is C11H23N3O2. The first kappa shape index (κ1) is 14.9. The Morgan fingerprint density at radius 3 is 2.25 bits per heavy atom. The van der Waals surface area contributed by atoms with Gasteiger partial charge in [0.15, 0.2) is 0 Å². The van der Waals surface area contributed by atoms with E-state index >= 15 is 0 Å². The van der Waals surface area contributed by atoms with E-state index in [1.54, 1.807) is 7.05 Å². The van der Waals surface area contributed by atoms with E-state index in [0.29, 0.717) is 12.8 Å². The zero-order chi connectivity index (χ0) is 12.8. The number of nitrogens with two attached hydrogens (primary N) is 1. The van der Waals surface area contributed by atoms with Crippen LogP contribution in [0.1, 0.15) is 40.0 Å². The summed E-state index contributed by atoms with van der Waals surface area (Å²) in [6, 6.07) is -0.586. The summed E-state index contributed by atoms with van der Waals surface area (Å²) in [7, 11) is 1.74. The van der Waals surface area contributed by atoms with Crippen molar-refractivity contribution < 1.29 is 9.59 Å². The van der Waals surface area contributed by atoms with Crippen molar-refractivity contribution in [1.82, 2.24) is 10.6 Å². The highest BCUT2D eigenvalue weighted by molar-refractivity contribution is 5.91. The Morgan fingerprint density at radius 1 is 1.38 bits per heavy atom. The molecule has 0 aliphatic carbocycles. The van der Waals surface area contributed by atoms with E-state index in [1.165, 1.54) is 0 Å². The van der Waals surface area contributed by atoms with E-state index in [-0.39, 0.29) is 5.91 Å². The van der Waals surface area contributed by atoms with E-state index in [0.717, 1.165) is 6.42 Å². The molecule has 0 saturated heterocycles. The topological polar surface area (TPSA) is 84.2 Å². The summed E-state index contributed by atoms with van der Waals surface area (Å²) >= 11 is 0. The Hall–Kier alpha value is -1.10. The second kappa shape index (κ2) is 6.48. The number of hydrogen-bond donors (Lipinski definition) is 3. The molecule has 0 fully saturated rings. The lowest BCUT2D eigenvalue weighted by Gasteiger charge is -2.29. The summed E-state index contributed by atoms with van der Waals surface area (Å²) < 4.78 is 0. The Balaban J connectivity index is 4.58. The maximum atomic E-state index is 12.0. The van der Waals surface area contributed by atoms with Gasteiger partial charge in [0.05, 0.1) is 5.54 Å². The van der Waals surface area contributed by atoms with Crippen LogP contribution in [-0.2, 0) is 9.59 Å². The predicted molar refractivity (Wildman–Crippen MR) is 63.8 cm³/mol. The highest BCUT2D eigenvalue weighted by atomic mass is 16.2. The van der Waals surface area contributed by atoms with E-state index < -0.39 is 17.5 Å². The van der Waals surface area contributed by atoms with Crippen molar-refractivity contribution in [3.63, 3.8) is 0 Å². The highest BCUT2D eigenvalue weighted by Crippen LogP contribution is 2.12. The van der Waals surface area contributed by atoms with E-state index in [1.807, 2.05) is 20.8 Å². The first-order chi connectivity index (χ1) is 7.41. The van der Waals surface area contributed by atoms with Gasteiger partial charge in [-0.25, -0.2) is 0 Å². The van der Waals surface area contributed by atoms with Gasteiger partial charge in [-0.2, -0.15) is 0 Å². The molecule has 0 aromatic carbocycles. The monoisotopic (exact) mass is 229 g/mol. The Bertz CT molecular complexity index is 256. The largest absolute Gasteiger partial charge is 0.368 e. The van der Waals surface area contributed by atoms with Gasteiger partial charge in [0.2, 0.25) is 11.8 Å². The van der Waals surface area contributed by atoms with Crippen LogP contribution in [0.3, 0.4) is 0 Å². The molecule has 2 atom stereocenters. The van der Waals surface area contributed by atoms with Crippen molar-refractivity contribution in [3.8, 4) is 0 Å². The van der Waals surface area contributed by atoms with Crippen LogP contribution >= 0.6 is 0 Å². The molecule has 0 radical (unpaired) electrons. The average molecular weight is 229 g/mol. The number of amides is 2. The molecule has 16 heavy (non-hydrogen) atoms. The van der Waals surface area contributed by atoms with Crippen molar-refractivity contribution in [2.45, 2.75) is 51.6 Å². The van der Waals surface area contributed by atoms with E-state index in [2.05, 4.69) is 10.6 Å². The molecule has 0 rings (SSSR count). The summed E-state index contributed by atoms with van der Waals surface area (Å²) in [6.45, 7) is 5.64. The van der Waals surface area contributed by atoms with Gasteiger partial charge in [-0.15, -0.1) is 0 Å². The zero-order valence-electron chi connectivity index (χ0n) is 10.6. The fraction of sp³-hybridized carbons (Fsp3) is 0.818. The summed E-state index contributed by atoms with van der Waals surface area (Å²) in [5, 5.41) is 5.65.